The Morgan fingerprint density at radius 3 is 2.65 bits per heavy atom. The second kappa shape index (κ2) is 8.50. The molecule has 0 aliphatic carbocycles. The van der Waals surface area contributed by atoms with Crippen molar-refractivity contribution in [1.82, 2.24) is 9.21 Å². The van der Waals surface area contributed by atoms with Crippen LogP contribution >= 0.6 is 0 Å². The molecule has 0 saturated carbocycles. The first kappa shape index (κ1) is 19.3. The Bertz CT molecular complexity index is 727. The van der Waals surface area contributed by atoms with Gasteiger partial charge in [-0.25, -0.2) is 8.42 Å². The molecule has 6 nitrogen and oxygen atoms in total. The molecule has 1 atom stereocenters. The lowest BCUT2D eigenvalue weighted by Gasteiger charge is -2.32. The van der Waals surface area contributed by atoms with Crippen LogP contribution in [0.4, 0.5) is 0 Å². The first-order chi connectivity index (χ1) is 12.5. The number of carbonyl (C=O) groups excluding carboxylic acids is 1. The number of hydrogen-bond donors (Lipinski definition) is 0. The highest BCUT2D eigenvalue weighted by Gasteiger charge is 2.28. The van der Waals surface area contributed by atoms with E-state index < -0.39 is 10.0 Å². The van der Waals surface area contributed by atoms with Crippen molar-refractivity contribution >= 4 is 15.9 Å². The zero-order chi connectivity index (χ0) is 18.6. The van der Waals surface area contributed by atoms with Crippen LogP contribution in [0.1, 0.15) is 49.4 Å². The van der Waals surface area contributed by atoms with Crippen molar-refractivity contribution in [2.45, 2.75) is 50.0 Å². The molecule has 2 fully saturated rings. The van der Waals surface area contributed by atoms with E-state index in [2.05, 4.69) is 0 Å². The maximum Gasteiger partial charge on any atom is 0.253 e. The van der Waals surface area contributed by atoms with Gasteiger partial charge in [0.1, 0.15) is 0 Å². The first-order valence-corrected chi connectivity index (χ1v) is 11.0. The van der Waals surface area contributed by atoms with Crippen molar-refractivity contribution in [3.8, 4) is 0 Å². The van der Waals surface area contributed by atoms with E-state index in [4.69, 9.17) is 4.74 Å². The number of nitrogens with zero attached hydrogens (tertiary/aromatic N) is 2. The molecule has 3 rings (SSSR count). The van der Waals surface area contributed by atoms with Gasteiger partial charge in [0, 0.05) is 38.3 Å². The van der Waals surface area contributed by atoms with E-state index in [1.165, 1.54) is 10.4 Å². The van der Waals surface area contributed by atoms with Gasteiger partial charge in [-0.05, 0) is 50.8 Å². The Balaban J connectivity index is 1.77. The van der Waals surface area contributed by atoms with Crippen molar-refractivity contribution < 1.29 is 17.9 Å². The zero-order valence-corrected chi connectivity index (χ0v) is 16.2. The lowest BCUT2D eigenvalue weighted by Crippen LogP contribution is -2.43. The summed E-state index contributed by atoms with van der Waals surface area (Å²) in [5.41, 5.74) is 0.431. The number of ether oxygens (including phenoxy) is 1. The fourth-order valence-electron chi connectivity index (χ4n) is 3.72. The third kappa shape index (κ3) is 4.27. The molecule has 2 saturated heterocycles. The molecule has 1 aromatic carbocycles. The molecule has 26 heavy (non-hydrogen) atoms. The van der Waals surface area contributed by atoms with E-state index >= 15 is 0 Å². The van der Waals surface area contributed by atoms with Crippen molar-refractivity contribution in [2.75, 3.05) is 32.8 Å². The molecular formula is C19H28N2O4S. The van der Waals surface area contributed by atoms with Crippen LogP contribution in [0.5, 0.6) is 0 Å². The van der Waals surface area contributed by atoms with Gasteiger partial charge in [-0.15, -0.1) is 0 Å². The van der Waals surface area contributed by atoms with Crippen LogP contribution in [0.15, 0.2) is 29.2 Å². The van der Waals surface area contributed by atoms with E-state index in [1.54, 1.807) is 23.1 Å². The number of hydrogen-bond acceptors (Lipinski definition) is 4. The molecule has 2 heterocycles. The predicted octanol–water partition coefficient (Wildman–Crippen LogP) is 2.50. The summed E-state index contributed by atoms with van der Waals surface area (Å²) in [5, 5.41) is 0. The second-order valence-electron chi connectivity index (χ2n) is 6.96. The van der Waals surface area contributed by atoms with Crippen LogP contribution in [0.2, 0.25) is 0 Å². The summed E-state index contributed by atoms with van der Waals surface area (Å²) >= 11 is 0. The number of sulfonamides is 1. The van der Waals surface area contributed by atoms with E-state index in [1.807, 2.05) is 6.92 Å². The molecular weight excluding hydrogens is 352 g/mol. The lowest BCUT2D eigenvalue weighted by molar-refractivity contribution is 0.00723. The molecule has 1 aromatic rings. The minimum atomic E-state index is -3.53. The molecule has 1 unspecified atom stereocenters. The third-order valence-electron chi connectivity index (χ3n) is 5.10. The largest absolute Gasteiger partial charge is 0.377 e. The van der Waals surface area contributed by atoms with Gasteiger partial charge >= 0.3 is 0 Å². The number of benzene rings is 1. The van der Waals surface area contributed by atoms with Crippen LogP contribution in [0.3, 0.4) is 0 Å². The second-order valence-corrected chi connectivity index (χ2v) is 8.90. The molecule has 0 N–H and O–H groups in total. The standard InChI is InChI=1S/C19H28N2O4S/c1-2-25-17-9-7-11-20(15-17)19(22)16-8-6-10-18(14-16)26(23,24)21-12-4-3-5-13-21/h6,8,10,14,17H,2-5,7,9,11-13,15H2,1H3. The normalized spacial score (nSPS) is 22.3. The summed E-state index contributed by atoms with van der Waals surface area (Å²) in [5.74, 6) is -0.120. The van der Waals surface area contributed by atoms with Crippen molar-refractivity contribution in [1.29, 1.82) is 0 Å². The summed E-state index contributed by atoms with van der Waals surface area (Å²) in [6, 6.07) is 6.46. The van der Waals surface area contributed by atoms with Crippen LogP contribution in [-0.4, -0.2) is 62.4 Å². The number of carbonyl (C=O) groups is 1. The summed E-state index contributed by atoms with van der Waals surface area (Å²) in [7, 11) is -3.53. The molecule has 2 aliphatic heterocycles. The minimum Gasteiger partial charge on any atom is -0.377 e. The Morgan fingerprint density at radius 1 is 1.15 bits per heavy atom. The van der Waals surface area contributed by atoms with Gasteiger partial charge in [-0.2, -0.15) is 4.31 Å². The maximum absolute atomic E-state index is 12.9. The molecule has 2 aliphatic rings. The van der Waals surface area contributed by atoms with Crippen LogP contribution in [0, 0.1) is 0 Å². The summed E-state index contributed by atoms with van der Waals surface area (Å²) in [4.78, 5) is 14.9. The maximum atomic E-state index is 12.9. The highest BCUT2D eigenvalue weighted by atomic mass is 32.2. The quantitative estimate of drug-likeness (QED) is 0.787. The Morgan fingerprint density at radius 2 is 1.92 bits per heavy atom. The lowest BCUT2D eigenvalue weighted by atomic mass is 10.1. The highest BCUT2D eigenvalue weighted by molar-refractivity contribution is 7.89. The fraction of sp³-hybridized carbons (Fsp3) is 0.632. The van der Waals surface area contributed by atoms with Gasteiger partial charge < -0.3 is 9.64 Å². The molecule has 0 radical (unpaired) electrons. The van der Waals surface area contributed by atoms with Gasteiger partial charge in [-0.1, -0.05) is 12.5 Å². The van der Waals surface area contributed by atoms with Crippen molar-refractivity contribution in [2.24, 2.45) is 0 Å². The van der Waals surface area contributed by atoms with Gasteiger partial charge in [0.2, 0.25) is 10.0 Å². The average molecular weight is 381 g/mol. The summed E-state index contributed by atoms with van der Waals surface area (Å²) in [6.45, 7) is 4.96. The Hall–Kier alpha value is -1.44. The third-order valence-corrected chi connectivity index (χ3v) is 7.00. The molecule has 0 bridgehead atoms. The van der Waals surface area contributed by atoms with Crippen molar-refractivity contribution in [3.63, 3.8) is 0 Å². The molecule has 144 valence electrons. The predicted molar refractivity (Wildman–Crippen MR) is 99.6 cm³/mol. The molecule has 0 aromatic heterocycles. The first-order valence-electron chi connectivity index (χ1n) is 9.53. The van der Waals surface area contributed by atoms with Crippen LogP contribution < -0.4 is 0 Å². The number of likely N-dealkylation sites (tertiary alicyclic amines) is 1. The summed E-state index contributed by atoms with van der Waals surface area (Å²) in [6.07, 6.45) is 4.79. The van der Waals surface area contributed by atoms with E-state index in [-0.39, 0.29) is 16.9 Å². The topological polar surface area (TPSA) is 66.9 Å². The SMILES string of the molecule is CCOC1CCCN(C(=O)c2cccc(S(=O)(=O)N3CCCCC3)c2)C1. The number of piperidine rings is 2. The van der Waals surface area contributed by atoms with E-state index in [0.29, 0.717) is 38.3 Å². The Kier molecular flexibility index (Phi) is 6.32. The van der Waals surface area contributed by atoms with Crippen LogP contribution in [-0.2, 0) is 14.8 Å². The van der Waals surface area contributed by atoms with E-state index in [9.17, 15) is 13.2 Å². The van der Waals surface area contributed by atoms with Gasteiger partial charge in [0.05, 0.1) is 11.0 Å². The zero-order valence-electron chi connectivity index (χ0n) is 15.4. The average Bonchev–Trinajstić information content (AvgIpc) is 2.69. The summed E-state index contributed by atoms with van der Waals surface area (Å²) < 4.78 is 32.9. The van der Waals surface area contributed by atoms with Crippen molar-refractivity contribution in [3.05, 3.63) is 29.8 Å². The molecule has 0 spiro atoms. The molecule has 1 amide bonds. The van der Waals surface area contributed by atoms with Gasteiger partial charge in [0.15, 0.2) is 0 Å². The fourth-order valence-corrected chi connectivity index (χ4v) is 5.28. The number of rotatable bonds is 5. The molecule has 7 heteroatoms. The number of amides is 1. The minimum absolute atomic E-state index is 0.0676. The Labute approximate surface area is 156 Å². The van der Waals surface area contributed by atoms with Gasteiger partial charge in [-0.3, -0.25) is 4.79 Å². The smallest absolute Gasteiger partial charge is 0.253 e. The van der Waals surface area contributed by atoms with Gasteiger partial charge in [0.25, 0.3) is 5.91 Å². The highest BCUT2D eigenvalue weighted by Crippen LogP contribution is 2.23. The van der Waals surface area contributed by atoms with Crippen LogP contribution in [0.25, 0.3) is 0 Å². The monoisotopic (exact) mass is 380 g/mol. The van der Waals surface area contributed by atoms with E-state index in [0.717, 1.165) is 32.1 Å².